The van der Waals surface area contributed by atoms with Gasteiger partial charge in [0.25, 0.3) is 0 Å². The highest BCUT2D eigenvalue weighted by Crippen LogP contribution is 2.19. The standard InChI is InChI=1S/C22H42O5/c1-2-3-4-5-6-7-8-9-10-11-12-13-14-15-16-26-22-19(24)18-27-20(17-23)21(22)25/h15-16,19-25H,2-14,17-18H2,1H3/b16-15+/t19-,20+,21+,22+/m1/s1. The second kappa shape index (κ2) is 16.3. The van der Waals surface area contributed by atoms with E-state index in [9.17, 15) is 10.2 Å². The smallest absolute Gasteiger partial charge is 0.154 e. The summed E-state index contributed by atoms with van der Waals surface area (Å²) in [6.07, 6.45) is 17.2. The third-order valence-electron chi connectivity index (χ3n) is 5.31. The van der Waals surface area contributed by atoms with Gasteiger partial charge in [0.05, 0.1) is 19.5 Å². The predicted octanol–water partition coefficient (Wildman–Crippen LogP) is 4.09. The van der Waals surface area contributed by atoms with Crippen LogP contribution in [0.1, 0.15) is 90.4 Å². The molecule has 1 aliphatic rings. The Morgan fingerprint density at radius 1 is 0.889 bits per heavy atom. The number of unbranched alkanes of at least 4 members (excludes halogenated alkanes) is 12. The monoisotopic (exact) mass is 386 g/mol. The fourth-order valence-electron chi connectivity index (χ4n) is 3.50. The van der Waals surface area contributed by atoms with E-state index in [-0.39, 0.29) is 13.2 Å². The molecule has 0 aromatic heterocycles. The summed E-state index contributed by atoms with van der Waals surface area (Å²) in [6.45, 7) is 2.05. The Morgan fingerprint density at radius 2 is 1.44 bits per heavy atom. The maximum absolute atomic E-state index is 10.0. The number of ether oxygens (including phenoxy) is 2. The Balaban J connectivity index is 1.93. The molecule has 5 heteroatoms. The van der Waals surface area contributed by atoms with E-state index in [0.717, 1.165) is 12.8 Å². The van der Waals surface area contributed by atoms with Crippen LogP contribution in [-0.2, 0) is 9.47 Å². The topological polar surface area (TPSA) is 79.2 Å². The third kappa shape index (κ3) is 11.1. The van der Waals surface area contributed by atoms with E-state index in [4.69, 9.17) is 14.6 Å². The number of aliphatic hydroxyl groups excluding tert-OH is 3. The van der Waals surface area contributed by atoms with Gasteiger partial charge in [-0.3, -0.25) is 0 Å². The van der Waals surface area contributed by atoms with Gasteiger partial charge < -0.3 is 24.8 Å². The zero-order valence-corrected chi connectivity index (χ0v) is 17.2. The Hall–Kier alpha value is -0.620. The SMILES string of the molecule is CCCCCCCCCCCCCC/C=C/O[C@@H]1[C@@H](O)[C@H](CO)OC[C@H]1O. The zero-order chi connectivity index (χ0) is 19.7. The van der Waals surface area contributed by atoms with Crippen molar-refractivity contribution in [1.82, 2.24) is 0 Å². The lowest BCUT2D eigenvalue weighted by Gasteiger charge is -2.36. The average molecular weight is 387 g/mol. The van der Waals surface area contributed by atoms with E-state index in [2.05, 4.69) is 6.92 Å². The Morgan fingerprint density at radius 3 is 2.00 bits per heavy atom. The molecule has 0 spiro atoms. The lowest BCUT2D eigenvalue weighted by atomic mass is 10.0. The van der Waals surface area contributed by atoms with Crippen molar-refractivity contribution < 1.29 is 24.8 Å². The molecule has 0 aromatic rings. The quantitative estimate of drug-likeness (QED) is 0.275. The van der Waals surface area contributed by atoms with Crippen LogP contribution >= 0.6 is 0 Å². The van der Waals surface area contributed by atoms with Crippen molar-refractivity contribution in [1.29, 1.82) is 0 Å². The van der Waals surface area contributed by atoms with Crippen LogP contribution in [0.4, 0.5) is 0 Å². The summed E-state index contributed by atoms with van der Waals surface area (Å²) in [5.41, 5.74) is 0. The molecule has 0 unspecified atom stereocenters. The van der Waals surface area contributed by atoms with Crippen LogP contribution in [0, 0.1) is 0 Å². The van der Waals surface area contributed by atoms with Crippen molar-refractivity contribution in [2.75, 3.05) is 13.2 Å². The molecule has 0 amide bonds. The first-order chi connectivity index (χ1) is 13.2. The second-order valence-electron chi connectivity index (χ2n) is 7.76. The number of allylic oxidation sites excluding steroid dienone is 1. The van der Waals surface area contributed by atoms with E-state index in [0.29, 0.717) is 0 Å². The molecular weight excluding hydrogens is 344 g/mol. The number of aliphatic hydroxyl groups is 3. The molecular formula is C22H42O5. The van der Waals surface area contributed by atoms with Gasteiger partial charge in [0.2, 0.25) is 0 Å². The van der Waals surface area contributed by atoms with Crippen LogP contribution in [0.3, 0.4) is 0 Å². The minimum absolute atomic E-state index is 0.0690. The van der Waals surface area contributed by atoms with Crippen LogP contribution in [0.15, 0.2) is 12.3 Å². The first kappa shape index (κ1) is 24.4. The highest BCUT2D eigenvalue weighted by atomic mass is 16.6. The average Bonchev–Trinajstić information content (AvgIpc) is 2.67. The number of hydrogen-bond acceptors (Lipinski definition) is 5. The molecule has 1 saturated heterocycles. The molecule has 0 aliphatic carbocycles. The normalized spacial score (nSPS) is 25.9. The Labute approximate surface area is 165 Å². The first-order valence-corrected chi connectivity index (χ1v) is 11.1. The lowest BCUT2D eigenvalue weighted by Crippen LogP contribution is -2.54. The molecule has 1 fully saturated rings. The first-order valence-electron chi connectivity index (χ1n) is 11.1. The van der Waals surface area contributed by atoms with Gasteiger partial charge >= 0.3 is 0 Å². The van der Waals surface area contributed by atoms with Crippen molar-refractivity contribution >= 4 is 0 Å². The zero-order valence-electron chi connectivity index (χ0n) is 17.2. The van der Waals surface area contributed by atoms with Crippen LogP contribution in [0.5, 0.6) is 0 Å². The maximum Gasteiger partial charge on any atom is 0.154 e. The van der Waals surface area contributed by atoms with E-state index >= 15 is 0 Å². The molecule has 160 valence electrons. The molecule has 3 N–H and O–H groups in total. The Bertz CT molecular complexity index is 361. The van der Waals surface area contributed by atoms with Gasteiger partial charge in [-0.15, -0.1) is 0 Å². The van der Waals surface area contributed by atoms with E-state index in [1.807, 2.05) is 6.08 Å². The third-order valence-corrected chi connectivity index (χ3v) is 5.31. The maximum atomic E-state index is 10.0. The largest absolute Gasteiger partial charge is 0.493 e. The minimum atomic E-state index is -1.02. The van der Waals surface area contributed by atoms with Crippen LogP contribution in [-0.4, -0.2) is 52.9 Å². The van der Waals surface area contributed by atoms with Gasteiger partial charge in [-0.25, -0.2) is 0 Å². The van der Waals surface area contributed by atoms with Gasteiger partial charge in [0.15, 0.2) is 6.10 Å². The van der Waals surface area contributed by atoms with Crippen molar-refractivity contribution in [2.24, 2.45) is 0 Å². The number of hydrogen-bond donors (Lipinski definition) is 3. The van der Waals surface area contributed by atoms with Crippen molar-refractivity contribution in [3.8, 4) is 0 Å². The summed E-state index contributed by atoms with van der Waals surface area (Å²) in [4.78, 5) is 0. The summed E-state index contributed by atoms with van der Waals surface area (Å²) in [7, 11) is 0. The molecule has 4 atom stereocenters. The predicted molar refractivity (Wildman–Crippen MR) is 109 cm³/mol. The van der Waals surface area contributed by atoms with Crippen molar-refractivity contribution in [3.05, 3.63) is 12.3 Å². The molecule has 0 saturated carbocycles. The van der Waals surface area contributed by atoms with Crippen molar-refractivity contribution in [3.63, 3.8) is 0 Å². The molecule has 0 aromatic carbocycles. The molecule has 5 nitrogen and oxygen atoms in total. The molecule has 0 radical (unpaired) electrons. The molecule has 1 heterocycles. The van der Waals surface area contributed by atoms with Crippen LogP contribution < -0.4 is 0 Å². The highest BCUT2D eigenvalue weighted by molar-refractivity contribution is 4.89. The molecule has 0 bridgehead atoms. The van der Waals surface area contributed by atoms with E-state index in [1.165, 1.54) is 70.6 Å². The lowest BCUT2D eigenvalue weighted by molar-refractivity contribution is -0.197. The minimum Gasteiger partial charge on any atom is -0.493 e. The van der Waals surface area contributed by atoms with Gasteiger partial charge in [0, 0.05) is 0 Å². The summed E-state index contributed by atoms with van der Waals surface area (Å²) >= 11 is 0. The fraction of sp³-hybridized carbons (Fsp3) is 0.909. The molecule has 27 heavy (non-hydrogen) atoms. The summed E-state index contributed by atoms with van der Waals surface area (Å²) < 4.78 is 10.6. The van der Waals surface area contributed by atoms with Crippen molar-refractivity contribution in [2.45, 2.75) is 115 Å². The summed E-state index contributed by atoms with van der Waals surface area (Å²) in [6, 6.07) is 0. The molecule has 1 aliphatic heterocycles. The number of rotatable bonds is 16. The highest BCUT2D eigenvalue weighted by Gasteiger charge is 2.39. The summed E-state index contributed by atoms with van der Waals surface area (Å²) in [5.74, 6) is 0. The van der Waals surface area contributed by atoms with Crippen LogP contribution in [0.2, 0.25) is 0 Å². The fourth-order valence-corrected chi connectivity index (χ4v) is 3.50. The Kier molecular flexibility index (Phi) is 14.8. The van der Waals surface area contributed by atoms with Gasteiger partial charge in [-0.2, -0.15) is 0 Å². The van der Waals surface area contributed by atoms with E-state index in [1.54, 1.807) is 6.26 Å². The van der Waals surface area contributed by atoms with Gasteiger partial charge in [-0.1, -0.05) is 77.6 Å². The molecule has 1 rings (SSSR count). The van der Waals surface area contributed by atoms with E-state index < -0.39 is 24.4 Å². The summed E-state index contributed by atoms with van der Waals surface area (Å²) in [5, 5.41) is 29.0. The second-order valence-corrected chi connectivity index (χ2v) is 7.76. The van der Waals surface area contributed by atoms with Gasteiger partial charge in [0.1, 0.15) is 18.3 Å². The van der Waals surface area contributed by atoms with Gasteiger partial charge in [-0.05, 0) is 18.9 Å². The van der Waals surface area contributed by atoms with Crippen LogP contribution in [0.25, 0.3) is 0 Å².